The molecular weight excluding hydrogens is 372 g/mol. The van der Waals surface area contributed by atoms with Crippen molar-refractivity contribution in [1.29, 1.82) is 0 Å². The second-order valence-corrected chi connectivity index (χ2v) is 9.68. The van der Waals surface area contributed by atoms with Crippen LogP contribution in [0.25, 0.3) is 10.9 Å². The highest BCUT2D eigenvalue weighted by Gasteiger charge is 2.37. The fourth-order valence-corrected chi connectivity index (χ4v) is 6.66. The first-order chi connectivity index (χ1) is 13.4. The zero-order valence-corrected chi connectivity index (χ0v) is 16.8. The molecule has 2 aromatic carbocycles. The van der Waals surface area contributed by atoms with Crippen molar-refractivity contribution in [2.75, 3.05) is 4.31 Å². The predicted molar refractivity (Wildman–Crippen MR) is 110 cm³/mol. The Bertz CT molecular complexity index is 1240. The van der Waals surface area contributed by atoms with E-state index in [9.17, 15) is 13.2 Å². The SMILES string of the molecule is Cc1cc2c3c([nH]c2cc1S(=O)(=O)N1c2ccccc2C[C@H]1C)CCCC3=O. The molecule has 144 valence electrons. The van der Waals surface area contributed by atoms with Crippen molar-refractivity contribution in [1.82, 2.24) is 4.98 Å². The van der Waals surface area contributed by atoms with Crippen LogP contribution in [0.1, 0.15) is 46.9 Å². The minimum atomic E-state index is -3.71. The molecule has 0 bridgehead atoms. The maximum atomic E-state index is 13.6. The number of Topliss-reactive ketones (excluding diaryl/α,β-unsaturated/α-hetero) is 1. The lowest BCUT2D eigenvalue weighted by Crippen LogP contribution is -2.36. The molecule has 1 aliphatic carbocycles. The standard InChI is InChI=1S/C22H22N2O3S/c1-13-10-16-18(23-17-7-5-9-20(25)22(16)17)12-21(13)28(26,27)24-14(2)11-15-6-3-4-8-19(15)24/h3-4,6,8,10,12,14,23H,5,7,9,11H2,1-2H3/t14-/m1/s1. The van der Waals surface area contributed by atoms with E-state index in [0.29, 0.717) is 23.3 Å². The molecule has 1 aliphatic heterocycles. The van der Waals surface area contributed by atoms with Gasteiger partial charge in [0.25, 0.3) is 10.0 Å². The minimum absolute atomic E-state index is 0.129. The fraction of sp³-hybridized carbons (Fsp3) is 0.318. The number of anilines is 1. The maximum absolute atomic E-state index is 13.6. The van der Waals surface area contributed by atoms with E-state index in [1.165, 1.54) is 0 Å². The van der Waals surface area contributed by atoms with Crippen molar-refractivity contribution in [2.45, 2.75) is 50.5 Å². The molecule has 0 saturated heterocycles. The van der Waals surface area contributed by atoms with Gasteiger partial charge in [-0.3, -0.25) is 9.10 Å². The molecule has 0 unspecified atom stereocenters. The van der Waals surface area contributed by atoms with Crippen LogP contribution in [0, 0.1) is 6.92 Å². The number of benzene rings is 2. The molecule has 0 amide bonds. The highest BCUT2D eigenvalue weighted by molar-refractivity contribution is 7.93. The number of rotatable bonds is 2. The lowest BCUT2D eigenvalue weighted by Gasteiger charge is -2.25. The van der Waals surface area contributed by atoms with Crippen molar-refractivity contribution in [3.8, 4) is 0 Å². The molecule has 2 aliphatic rings. The van der Waals surface area contributed by atoms with Crippen molar-refractivity contribution in [3.05, 3.63) is 58.8 Å². The number of hydrogen-bond acceptors (Lipinski definition) is 3. The van der Waals surface area contributed by atoms with E-state index in [4.69, 9.17) is 0 Å². The third-order valence-corrected chi connectivity index (χ3v) is 8.03. The van der Waals surface area contributed by atoms with Gasteiger partial charge in [-0.25, -0.2) is 8.42 Å². The molecule has 3 aromatic rings. The predicted octanol–water partition coefficient (Wildman–Crippen LogP) is 4.14. The van der Waals surface area contributed by atoms with Crippen LogP contribution in [0.15, 0.2) is 41.3 Å². The van der Waals surface area contributed by atoms with Crippen molar-refractivity contribution >= 4 is 32.4 Å². The molecule has 5 nitrogen and oxygen atoms in total. The van der Waals surface area contributed by atoms with Gasteiger partial charge in [-0.2, -0.15) is 0 Å². The zero-order valence-electron chi connectivity index (χ0n) is 16.0. The van der Waals surface area contributed by atoms with E-state index in [1.54, 1.807) is 10.4 Å². The van der Waals surface area contributed by atoms with Gasteiger partial charge >= 0.3 is 0 Å². The molecule has 28 heavy (non-hydrogen) atoms. The third-order valence-electron chi connectivity index (χ3n) is 5.96. The zero-order chi connectivity index (χ0) is 19.6. The Labute approximate surface area is 164 Å². The van der Waals surface area contributed by atoms with Crippen molar-refractivity contribution in [2.24, 2.45) is 0 Å². The summed E-state index contributed by atoms with van der Waals surface area (Å²) >= 11 is 0. The summed E-state index contributed by atoms with van der Waals surface area (Å²) in [4.78, 5) is 16.0. The van der Waals surface area contributed by atoms with Gasteiger partial charge in [-0.15, -0.1) is 0 Å². The Morgan fingerprint density at radius 3 is 2.75 bits per heavy atom. The Morgan fingerprint density at radius 2 is 1.93 bits per heavy atom. The van der Waals surface area contributed by atoms with E-state index in [-0.39, 0.29) is 11.8 Å². The van der Waals surface area contributed by atoms with Gasteiger partial charge in [0, 0.05) is 34.6 Å². The van der Waals surface area contributed by atoms with Gasteiger partial charge in [-0.05, 0) is 62.4 Å². The van der Waals surface area contributed by atoms with Gasteiger partial charge in [0.2, 0.25) is 0 Å². The lowest BCUT2D eigenvalue weighted by atomic mass is 9.94. The highest BCUT2D eigenvalue weighted by Crippen LogP contribution is 2.39. The van der Waals surface area contributed by atoms with Crippen molar-refractivity contribution in [3.63, 3.8) is 0 Å². The molecule has 6 heteroatoms. The largest absolute Gasteiger partial charge is 0.358 e. The number of carbonyl (C=O) groups excluding carboxylic acids is 1. The van der Waals surface area contributed by atoms with Crippen LogP contribution >= 0.6 is 0 Å². The Balaban J connectivity index is 1.69. The molecule has 5 rings (SSSR count). The summed E-state index contributed by atoms with van der Waals surface area (Å²) < 4.78 is 28.8. The van der Waals surface area contributed by atoms with Crippen LogP contribution < -0.4 is 4.31 Å². The molecule has 0 spiro atoms. The normalized spacial score (nSPS) is 19.1. The molecule has 1 N–H and O–H groups in total. The number of nitrogens with zero attached hydrogens (tertiary/aromatic N) is 1. The van der Waals surface area contributed by atoms with Crippen LogP contribution in [0.4, 0.5) is 5.69 Å². The smallest absolute Gasteiger partial charge is 0.264 e. The summed E-state index contributed by atoms with van der Waals surface area (Å²) in [5, 5.41) is 0.839. The summed E-state index contributed by atoms with van der Waals surface area (Å²) in [5.74, 6) is 0.143. The van der Waals surface area contributed by atoms with E-state index >= 15 is 0 Å². The first kappa shape index (κ1) is 17.5. The number of aromatic amines is 1. The van der Waals surface area contributed by atoms with Gasteiger partial charge in [0.1, 0.15) is 0 Å². The summed E-state index contributed by atoms with van der Waals surface area (Å²) in [5.41, 5.74) is 4.88. The number of carbonyl (C=O) groups is 1. The second-order valence-electron chi connectivity index (χ2n) is 7.90. The number of aromatic nitrogens is 1. The van der Waals surface area contributed by atoms with Crippen molar-refractivity contribution < 1.29 is 13.2 Å². The Hall–Kier alpha value is -2.60. The van der Waals surface area contributed by atoms with Crippen LogP contribution in [0.2, 0.25) is 0 Å². The summed E-state index contributed by atoms with van der Waals surface area (Å²) in [6.07, 6.45) is 2.93. The molecule has 2 heterocycles. The number of fused-ring (bicyclic) bond motifs is 4. The van der Waals surface area contributed by atoms with Crippen LogP contribution in [-0.4, -0.2) is 25.2 Å². The molecule has 0 fully saturated rings. The second kappa shape index (κ2) is 5.95. The number of H-pyrrole nitrogens is 1. The molecular formula is C22H22N2O3S. The van der Waals surface area contributed by atoms with E-state index < -0.39 is 10.0 Å². The number of sulfonamides is 1. The van der Waals surface area contributed by atoms with Crippen LogP contribution in [0.3, 0.4) is 0 Å². The van der Waals surface area contributed by atoms with Gasteiger partial charge in [0.05, 0.1) is 10.6 Å². The summed E-state index contributed by atoms with van der Waals surface area (Å²) in [6, 6.07) is 11.1. The van der Waals surface area contributed by atoms with Crippen LogP contribution in [0.5, 0.6) is 0 Å². The van der Waals surface area contributed by atoms with E-state index in [2.05, 4.69) is 4.98 Å². The maximum Gasteiger partial charge on any atom is 0.264 e. The average molecular weight is 394 g/mol. The molecule has 0 radical (unpaired) electrons. The van der Waals surface area contributed by atoms with Gasteiger partial charge in [0.15, 0.2) is 5.78 Å². The number of hydrogen-bond donors (Lipinski definition) is 1. The highest BCUT2D eigenvalue weighted by atomic mass is 32.2. The number of aryl methyl sites for hydroxylation is 2. The fourth-order valence-electron chi connectivity index (χ4n) is 4.73. The van der Waals surface area contributed by atoms with E-state index in [1.807, 2.05) is 44.2 Å². The van der Waals surface area contributed by atoms with Crippen LogP contribution in [-0.2, 0) is 22.9 Å². The average Bonchev–Trinajstić information content (AvgIpc) is 3.18. The summed E-state index contributed by atoms with van der Waals surface area (Å²) in [7, 11) is -3.71. The monoisotopic (exact) mass is 394 g/mol. The van der Waals surface area contributed by atoms with Gasteiger partial charge in [-0.1, -0.05) is 18.2 Å². The number of nitrogens with one attached hydrogen (secondary N) is 1. The number of para-hydroxylation sites is 1. The molecule has 1 aromatic heterocycles. The first-order valence-corrected chi connectivity index (χ1v) is 11.1. The summed E-state index contributed by atoms with van der Waals surface area (Å²) in [6.45, 7) is 3.75. The Kier molecular flexibility index (Phi) is 3.72. The molecule has 0 saturated carbocycles. The van der Waals surface area contributed by atoms with Gasteiger partial charge < -0.3 is 4.98 Å². The lowest BCUT2D eigenvalue weighted by molar-refractivity contribution is 0.0974. The Morgan fingerprint density at radius 1 is 1.14 bits per heavy atom. The third kappa shape index (κ3) is 2.37. The number of ketones is 1. The quantitative estimate of drug-likeness (QED) is 0.710. The van der Waals surface area contributed by atoms with E-state index in [0.717, 1.165) is 46.3 Å². The first-order valence-electron chi connectivity index (χ1n) is 9.68. The minimum Gasteiger partial charge on any atom is -0.358 e. The molecule has 1 atom stereocenters. The topological polar surface area (TPSA) is 70.2 Å².